The van der Waals surface area contributed by atoms with Crippen molar-refractivity contribution in [3.05, 3.63) is 41.7 Å². The number of benzene rings is 1. The summed E-state index contributed by atoms with van der Waals surface area (Å²) in [7, 11) is 0. The average Bonchev–Trinajstić information content (AvgIpc) is 3.10. The predicted molar refractivity (Wildman–Crippen MR) is 87.4 cm³/mol. The van der Waals surface area contributed by atoms with Crippen molar-refractivity contribution in [1.29, 1.82) is 0 Å². The third kappa shape index (κ3) is 3.73. The highest BCUT2D eigenvalue weighted by molar-refractivity contribution is 5.76. The highest BCUT2D eigenvalue weighted by atomic mass is 16.5. The van der Waals surface area contributed by atoms with Crippen LogP contribution in [0.5, 0.6) is 5.75 Å². The molecular formula is C17H22N4O3. The Morgan fingerprint density at radius 1 is 1.50 bits per heavy atom. The molecule has 0 unspecified atom stereocenters. The van der Waals surface area contributed by atoms with Gasteiger partial charge < -0.3 is 14.7 Å². The van der Waals surface area contributed by atoms with Gasteiger partial charge in [-0.2, -0.15) is 15.4 Å². The van der Waals surface area contributed by atoms with Gasteiger partial charge in [-0.05, 0) is 37.5 Å². The van der Waals surface area contributed by atoms with Crippen molar-refractivity contribution in [1.82, 2.24) is 20.3 Å². The van der Waals surface area contributed by atoms with Crippen molar-refractivity contribution in [2.75, 3.05) is 19.7 Å². The summed E-state index contributed by atoms with van der Waals surface area (Å²) in [6, 6.07) is 7.74. The largest absolute Gasteiger partial charge is 0.493 e. The van der Waals surface area contributed by atoms with Crippen LogP contribution in [-0.2, 0) is 10.4 Å². The minimum Gasteiger partial charge on any atom is -0.493 e. The number of carbonyl (C=O) groups is 1. The Morgan fingerprint density at radius 3 is 3.12 bits per heavy atom. The van der Waals surface area contributed by atoms with E-state index in [1.807, 2.05) is 31.2 Å². The van der Waals surface area contributed by atoms with Gasteiger partial charge in [0.2, 0.25) is 5.91 Å². The molecule has 2 aromatic rings. The quantitative estimate of drug-likeness (QED) is 0.864. The summed E-state index contributed by atoms with van der Waals surface area (Å²) in [4.78, 5) is 14.1. The molecule has 1 aliphatic heterocycles. The molecule has 1 fully saturated rings. The normalized spacial score (nSPS) is 20.8. The summed E-state index contributed by atoms with van der Waals surface area (Å²) in [5.41, 5.74) is 0.474. The number of aromatic nitrogens is 3. The molecule has 7 nitrogen and oxygen atoms in total. The summed E-state index contributed by atoms with van der Waals surface area (Å²) in [6.45, 7) is 3.20. The third-order valence-corrected chi connectivity index (χ3v) is 4.29. The Kier molecular flexibility index (Phi) is 4.80. The molecule has 0 radical (unpaired) electrons. The lowest BCUT2D eigenvalue weighted by molar-refractivity contribution is -0.139. The fourth-order valence-electron chi connectivity index (χ4n) is 3.00. The Labute approximate surface area is 140 Å². The molecule has 2 N–H and O–H groups in total. The topological polar surface area (TPSA) is 91.3 Å². The number of carbonyl (C=O) groups excluding carboxylic acids is 1. The number of aryl methyl sites for hydroxylation is 1. The number of aromatic amines is 1. The molecular weight excluding hydrogens is 308 g/mol. The zero-order chi connectivity index (χ0) is 17.0. The molecule has 128 valence electrons. The molecule has 2 heterocycles. The number of nitrogens with one attached hydrogen (secondary N) is 1. The minimum atomic E-state index is -1.13. The number of hydrogen-bond donors (Lipinski definition) is 2. The van der Waals surface area contributed by atoms with Crippen LogP contribution in [-0.4, -0.2) is 51.0 Å². The van der Waals surface area contributed by atoms with Crippen LogP contribution in [0.2, 0.25) is 0 Å². The molecule has 7 heteroatoms. The van der Waals surface area contributed by atoms with E-state index in [0.29, 0.717) is 25.3 Å². The number of β-amino-alcohol motifs (C(OH)–C–C–N with tert-alkyl or cyclic N) is 1. The lowest BCUT2D eigenvalue weighted by Crippen LogP contribution is -2.49. The van der Waals surface area contributed by atoms with Crippen molar-refractivity contribution >= 4 is 5.91 Å². The fraction of sp³-hybridized carbons (Fsp3) is 0.471. The summed E-state index contributed by atoms with van der Waals surface area (Å²) in [6.07, 6.45) is 3.09. The first-order chi connectivity index (χ1) is 11.6. The standard InChI is InChI=1S/C17H22N4O3/c1-13-4-2-5-14(10-13)24-9-6-16(22)21-8-3-7-17(23,12-21)15-11-18-20-19-15/h2,4-5,10-11,23H,3,6-9,12H2,1H3,(H,18,19,20)/t17-/m1/s1. The second-order valence-electron chi connectivity index (χ2n) is 6.22. The van der Waals surface area contributed by atoms with E-state index >= 15 is 0 Å². The first-order valence-corrected chi connectivity index (χ1v) is 8.13. The lowest BCUT2D eigenvalue weighted by Gasteiger charge is -2.38. The Balaban J connectivity index is 1.53. The maximum atomic E-state index is 12.4. The molecule has 1 aromatic heterocycles. The van der Waals surface area contributed by atoms with Gasteiger partial charge >= 0.3 is 0 Å². The van der Waals surface area contributed by atoms with Gasteiger partial charge in [-0.25, -0.2) is 0 Å². The average molecular weight is 330 g/mol. The zero-order valence-electron chi connectivity index (χ0n) is 13.7. The summed E-state index contributed by atoms with van der Waals surface area (Å²) >= 11 is 0. The molecule has 0 aliphatic carbocycles. The van der Waals surface area contributed by atoms with Crippen molar-refractivity contribution in [3.63, 3.8) is 0 Å². The van der Waals surface area contributed by atoms with E-state index in [2.05, 4.69) is 15.4 Å². The van der Waals surface area contributed by atoms with Crippen LogP contribution < -0.4 is 4.74 Å². The zero-order valence-corrected chi connectivity index (χ0v) is 13.7. The van der Waals surface area contributed by atoms with Gasteiger partial charge in [-0.15, -0.1) is 0 Å². The maximum Gasteiger partial charge on any atom is 0.226 e. The smallest absolute Gasteiger partial charge is 0.226 e. The van der Waals surface area contributed by atoms with Gasteiger partial charge in [0.15, 0.2) is 0 Å². The number of H-pyrrole nitrogens is 1. The highest BCUT2D eigenvalue weighted by Crippen LogP contribution is 2.29. The Morgan fingerprint density at radius 2 is 2.38 bits per heavy atom. The second-order valence-corrected chi connectivity index (χ2v) is 6.22. The van der Waals surface area contributed by atoms with Crippen molar-refractivity contribution in [2.45, 2.75) is 31.8 Å². The van der Waals surface area contributed by atoms with Gasteiger partial charge in [0.1, 0.15) is 17.0 Å². The molecule has 1 atom stereocenters. The van der Waals surface area contributed by atoms with Crippen LogP contribution in [0.4, 0.5) is 0 Å². The second kappa shape index (κ2) is 7.00. The van der Waals surface area contributed by atoms with Crippen LogP contribution in [0.3, 0.4) is 0 Å². The van der Waals surface area contributed by atoms with E-state index in [0.717, 1.165) is 17.7 Å². The predicted octanol–water partition coefficient (Wildman–Crippen LogP) is 1.39. The van der Waals surface area contributed by atoms with Gasteiger partial charge in [0.05, 0.1) is 25.8 Å². The number of nitrogens with zero attached hydrogens (tertiary/aromatic N) is 3. The van der Waals surface area contributed by atoms with Crippen LogP contribution in [0.25, 0.3) is 0 Å². The number of rotatable bonds is 5. The number of amides is 1. The van der Waals surface area contributed by atoms with Crippen LogP contribution in [0, 0.1) is 6.92 Å². The van der Waals surface area contributed by atoms with Gasteiger partial charge in [-0.1, -0.05) is 12.1 Å². The minimum absolute atomic E-state index is 0.0238. The number of likely N-dealkylation sites (tertiary alicyclic amines) is 1. The number of ether oxygens (including phenoxy) is 1. The van der Waals surface area contributed by atoms with E-state index in [9.17, 15) is 9.90 Å². The molecule has 0 bridgehead atoms. The van der Waals surface area contributed by atoms with E-state index < -0.39 is 5.60 Å². The van der Waals surface area contributed by atoms with E-state index in [-0.39, 0.29) is 18.9 Å². The van der Waals surface area contributed by atoms with Crippen LogP contribution in [0.15, 0.2) is 30.5 Å². The van der Waals surface area contributed by atoms with Gasteiger partial charge in [0.25, 0.3) is 0 Å². The number of piperidine rings is 1. The maximum absolute atomic E-state index is 12.4. The van der Waals surface area contributed by atoms with E-state index in [4.69, 9.17) is 4.74 Å². The van der Waals surface area contributed by atoms with Crippen LogP contribution >= 0.6 is 0 Å². The molecule has 1 aromatic carbocycles. The monoisotopic (exact) mass is 330 g/mol. The highest BCUT2D eigenvalue weighted by Gasteiger charge is 2.38. The summed E-state index contributed by atoms with van der Waals surface area (Å²) in [5.74, 6) is 0.741. The van der Waals surface area contributed by atoms with E-state index in [1.165, 1.54) is 6.20 Å². The molecule has 1 saturated heterocycles. The van der Waals surface area contributed by atoms with Gasteiger partial charge in [0, 0.05) is 6.54 Å². The third-order valence-electron chi connectivity index (χ3n) is 4.29. The van der Waals surface area contributed by atoms with Gasteiger partial charge in [-0.3, -0.25) is 4.79 Å². The molecule has 0 spiro atoms. The Hall–Kier alpha value is -2.41. The van der Waals surface area contributed by atoms with Crippen molar-refractivity contribution in [2.24, 2.45) is 0 Å². The number of hydrogen-bond acceptors (Lipinski definition) is 5. The molecule has 1 amide bonds. The molecule has 0 saturated carbocycles. The van der Waals surface area contributed by atoms with Crippen molar-refractivity contribution in [3.8, 4) is 5.75 Å². The molecule has 3 rings (SSSR count). The summed E-state index contributed by atoms with van der Waals surface area (Å²) in [5, 5.41) is 21.0. The first-order valence-electron chi connectivity index (χ1n) is 8.13. The Bertz CT molecular complexity index is 689. The SMILES string of the molecule is Cc1cccc(OCCC(=O)N2CCC[C@](O)(c3cn[nH]n3)C2)c1. The molecule has 24 heavy (non-hydrogen) atoms. The van der Waals surface area contributed by atoms with Crippen LogP contribution in [0.1, 0.15) is 30.5 Å². The number of aliphatic hydroxyl groups is 1. The van der Waals surface area contributed by atoms with E-state index in [1.54, 1.807) is 4.90 Å². The lowest BCUT2D eigenvalue weighted by atomic mass is 9.90. The summed E-state index contributed by atoms with van der Waals surface area (Å²) < 4.78 is 5.64. The van der Waals surface area contributed by atoms with Crippen molar-refractivity contribution < 1.29 is 14.6 Å². The fourth-order valence-corrected chi connectivity index (χ4v) is 3.00. The molecule has 1 aliphatic rings. The first kappa shape index (κ1) is 16.4.